The van der Waals surface area contributed by atoms with Crippen LogP contribution in [0.5, 0.6) is 0 Å². The van der Waals surface area contributed by atoms with Crippen molar-refractivity contribution in [3.05, 3.63) is 30.1 Å². The van der Waals surface area contributed by atoms with Crippen LogP contribution in [0.15, 0.2) is 24.5 Å². The van der Waals surface area contributed by atoms with Gasteiger partial charge in [0.2, 0.25) is 0 Å². The number of carboxylic acids is 1. The molecule has 0 aliphatic rings. The highest BCUT2D eigenvalue weighted by molar-refractivity contribution is 5.75. The number of aromatic nitrogens is 1. The quantitative estimate of drug-likeness (QED) is 0.848. The number of aliphatic carboxylic acids is 1. The fourth-order valence-electron chi connectivity index (χ4n) is 1.48. The molecule has 0 atom stereocenters. The van der Waals surface area contributed by atoms with Gasteiger partial charge in [-0.2, -0.15) is 0 Å². The molecule has 1 rings (SSSR count). The molecule has 0 spiro atoms. The molecule has 0 radical (unpaired) electrons. The molecule has 18 heavy (non-hydrogen) atoms. The fraction of sp³-hybridized carbons (Fsp3) is 0.417. The van der Waals surface area contributed by atoms with E-state index in [1.165, 1.54) is 9.80 Å². The molecule has 1 N–H and O–H groups in total. The zero-order valence-corrected chi connectivity index (χ0v) is 10.5. The molecule has 0 unspecified atom stereocenters. The molecule has 98 valence electrons. The minimum Gasteiger partial charge on any atom is -0.481 e. The molecule has 0 aromatic carbocycles. The smallest absolute Gasteiger partial charge is 0.319 e. The van der Waals surface area contributed by atoms with Crippen molar-refractivity contribution in [1.82, 2.24) is 14.8 Å². The Hall–Kier alpha value is -2.11. The van der Waals surface area contributed by atoms with Gasteiger partial charge in [-0.05, 0) is 17.7 Å². The lowest BCUT2D eigenvalue weighted by atomic mass is 10.2. The maximum atomic E-state index is 11.9. The fourth-order valence-corrected chi connectivity index (χ4v) is 1.48. The summed E-state index contributed by atoms with van der Waals surface area (Å²) in [6.45, 7) is 0.674. The summed E-state index contributed by atoms with van der Waals surface area (Å²) in [7, 11) is 3.27. The zero-order chi connectivity index (χ0) is 13.5. The van der Waals surface area contributed by atoms with Crippen molar-refractivity contribution in [3.8, 4) is 0 Å². The molecule has 1 aromatic rings. The second kappa shape index (κ2) is 6.58. The van der Waals surface area contributed by atoms with E-state index in [4.69, 9.17) is 5.11 Å². The largest absolute Gasteiger partial charge is 0.481 e. The van der Waals surface area contributed by atoms with Crippen LogP contribution in [0.25, 0.3) is 0 Å². The molecule has 0 saturated carbocycles. The Morgan fingerprint density at radius 3 is 2.39 bits per heavy atom. The molecule has 2 amide bonds. The Morgan fingerprint density at radius 2 is 1.83 bits per heavy atom. The van der Waals surface area contributed by atoms with Crippen molar-refractivity contribution < 1.29 is 14.7 Å². The molecule has 0 saturated heterocycles. The van der Waals surface area contributed by atoms with E-state index in [-0.39, 0.29) is 19.0 Å². The van der Waals surface area contributed by atoms with Crippen LogP contribution in [0.4, 0.5) is 4.79 Å². The Balaban J connectivity index is 2.48. The van der Waals surface area contributed by atoms with E-state index in [9.17, 15) is 9.59 Å². The van der Waals surface area contributed by atoms with Gasteiger partial charge in [0, 0.05) is 39.6 Å². The highest BCUT2D eigenvalue weighted by atomic mass is 16.4. The molecule has 1 heterocycles. The summed E-state index contributed by atoms with van der Waals surface area (Å²) in [5.41, 5.74) is 0.979. The van der Waals surface area contributed by atoms with Crippen molar-refractivity contribution >= 4 is 12.0 Å². The average Bonchev–Trinajstić information content (AvgIpc) is 2.36. The molecular formula is C12H17N3O3. The van der Waals surface area contributed by atoms with Gasteiger partial charge in [-0.15, -0.1) is 0 Å². The summed E-state index contributed by atoms with van der Waals surface area (Å²) in [6, 6.07) is 3.47. The number of nitrogens with zero attached hydrogens (tertiary/aromatic N) is 3. The van der Waals surface area contributed by atoms with Crippen molar-refractivity contribution in [2.45, 2.75) is 13.0 Å². The summed E-state index contributed by atoms with van der Waals surface area (Å²) < 4.78 is 0. The van der Waals surface area contributed by atoms with Crippen molar-refractivity contribution in [2.24, 2.45) is 0 Å². The number of hydrogen-bond acceptors (Lipinski definition) is 3. The number of carbonyl (C=O) groups is 2. The van der Waals surface area contributed by atoms with E-state index in [2.05, 4.69) is 4.98 Å². The van der Waals surface area contributed by atoms with Crippen LogP contribution in [0.2, 0.25) is 0 Å². The minimum atomic E-state index is -0.911. The molecule has 0 aliphatic heterocycles. The van der Waals surface area contributed by atoms with E-state index in [1.807, 2.05) is 12.1 Å². The SMILES string of the molecule is CN(CCC(=O)O)C(=O)N(C)Cc1ccncc1. The summed E-state index contributed by atoms with van der Waals surface area (Å²) in [4.78, 5) is 29.2. The second-order valence-electron chi connectivity index (χ2n) is 4.06. The van der Waals surface area contributed by atoms with Crippen LogP contribution < -0.4 is 0 Å². The van der Waals surface area contributed by atoms with Gasteiger partial charge < -0.3 is 14.9 Å². The Kier molecular flexibility index (Phi) is 5.10. The van der Waals surface area contributed by atoms with Crippen LogP contribution in [0.1, 0.15) is 12.0 Å². The summed E-state index contributed by atoms with van der Waals surface area (Å²) in [5, 5.41) is 8.56. The van der Waals surface area contributed by atoms with Gasteiger partial charge in [0.15, 0.2) is 0 Å². The lowest BCUT2D eigenvalue weighted by Gasteiger charge is -2.24. The zero-order valence-electron chi connectivity index (χ0n) is 10.5. The van der Waals surface area contributed by atoms with Crippen LogP contribution in [0, 0.1) is 0 Å². The molecule has 1 aromatic heterocycles. The third kappa shape index (κ3) is 4.40. The lowest BCUT2D eigenvalue weighted by Crippen LogP contribution is -2.39. The third-order valence-electron chi connectivity index (χ3n) is 2.48. The first-order valence-electron chi connectivity index (χ1n) is 5.57. The second-order valence-corrected chi connectivity index (χ2v) is 4.06. The Labute approximate surface area is 106 Å². The number of hydrogen-bond donors (Lipinski definition) is 1. The molecule has 0 fully saturated rings. The van der Waals surface area contributed by atoms with E-state index in [0.717, 1.165) is 5.56 Å². The highest BCUT2D eigenvalue weighted by Gasteiger charge is 2.14. The summed E-state index contributed by atoms with van der Waals surface area (Å²) >= 11 is 0. The number of rotatable bonds is 5. The predicted octanol–water partition coefficient (Wildman–Crippen LogP) is 1.04. The highest BCUT2D eigenvalue weighted by Crippen LogP contribution is 2.04. The van der Waals surface area contributed by atoms with Crippen LogP contribution in [-0.4, -0.2) is 52.5 Å². The van der Waals surface area contributed by atoms with Crippen LogP contribution in [-0.2, 0) is 11.3 Å². The van der Waals surface area contributed by atoms with Gasteiger partial charge in [-0.25, -0.2) is 4.79 Å². The van der Waals surface area contributed by atoms with E-state index in [0.29, 0.717) is 6.54 Å². The van der Waals surface area contributed by atoms with Gasteiger partial charge in [-0.1, -0.05) is 0 Å². The molecule has 6 heteroatoms. The van der Waals surface area contributed by atoms with Crippen LogP contribution >= 0.6 is 0 Å². The average molecular weight is 251 g/mol. The van der Waals surface area contributed by atoms with E-state index < -0.39 is 5.97 Å². The number of pyridine rings is 1. The molecule has 6 nitrogen and oxygen atoms in total. The monoisotopic (exact) mass is 251 g/mol. The Bertz CT molecular complexity index is 408. The summed E-state index contributed by atoms with van der Waals surface area (Å²) in [6.07, 6.45) is 3.29. The van der Waals surface area contributed by atoms with E-state index in [1.54, 1.807) is 26.5 Å². The normalized spacial score (nSPS) is 9.89. The minimum absolute atomic E-state index is 0.0503. The number of urea groups is 1. The van der Waals surface area contributed by atoms with Gasteiger partial charge in [-0.3, -0.25) is 9.78 Å². The Morgan fingerprint density at radius 1 is 1.22 bits per heavy atom. The maximum Gasteiger partial charge on any atom is 0.319 e. The van der Waals surface area contributed by atoms with Crippen molar-refractivity contribution in [1.29, 1.82) is 0 Å². The predicted molar refractivity (Wildman–Crippen MR) is 66.0 cm³/mol. The van der Waals surface area contributed by atoms with E-state index >= 15 is 0 Å². The van der Waals surface area contributed by atoms with Crippen molar-refractivity contribution in [3.63, 3.8) is 0 Å². The van der Waals surface area contributed by atoms with Crippen LogP contribution in [0.3, 0.4) is 0 Å². The molecule has 0 bridgehead atoms. The first kappa shape index (κ1) is 14.0. The van der Waals surface area contributed by atoms with Crippen molar-refractivity contribution in [2.75, 3.05) is 20.6 Å². The molecule has 0 aliphatic carbocycles. The maximum absolute atomic E-state index is 11.9. The number of amides is 2. The first-order chi connectivity index (χ1) is 8.50. The van der Waals surface area contributed by atoms with Gasteiger partial charge in [0.1, 0.15) is 0 Å². The number of carboxylic acid groups (broad SMARTS) is 1. The summed E-state index contributed by atoms with van der Waals surface area (Å²) in [5.74, 6) is -0.911. The van der Waals surface area contributed by atoms with Gasteiger partial charge in [0.05, 0.1) is 6.42 Å². The van der Waals surface area contributed by atoms with Gasteiger partial charge in [0.25, 0.3) is 0 Å². The first-order valence-corrected chi connectivity index (χ1v) is 5.57. The molecular weight excluding hydrogens is 234 g/mol. The third-order valence-corrected chi connectivity index (χ3v) is 2.48. The van der Waals surface area contributed by atoms with Gasteiger partial charge >= 0.3 is 12.0 Å². The topological polar surface area (TPSA) is 73.7 Å². The standard InChI is InChI=1S/C12H17N3O3/c1-14(8-5-11(16)17)12(18)15(2)9-10-3-6-13-7-4-10/h3-4,6-7H,5,8-9H2,1-2H3,(H,16,17). The number of carbonyl (C=O) groups excluding carboxylic acids is 1. The lowest BCUT2D eigenvalue weighted by molar-refractivity contribution is -0.137.